The van der Waals surface area contributed by atoms with E-state index >= 15 is 0 Å². The zero-order chi connectivity index (χ0) is 41.0. The van der Waals surface area contributed by atoms with E-state index in [-0.39, 0.29) is 30.1 Å². The number of benzene rings is 1. The van der Waals surface area contributed by atoms with Gasteiger partial charge in [0.2, 0.25) is 23.6 Å². The van der Waals surface area contributed by atoms with Crippen LogP contribution in [0.25, 0.3) is 0 Å². The van der Waals surface area contributed by atoms with Crippen LogP contribution in [0.2, 0.25) is 0 Å². The molecule has 0 fully saturated rings. The Morgan fingerprint density at radius 2 is 1.44 bits per heavy atom. The molecule has 0 saturated carbocycles. The summed E-state index contributed by atoms with van der Waals surface area (Å²) in [6, 6.07) is 6.08. The van der Waals surface area contributed by atoms with Gasteiger partial charge >= 0.3 is 6.09 Å². The minimum atomic E-state index is -0.988. The Bertz CT molecular complexity index is 1290. The van der Waals surface area contributed by atoms with Gasteiger partial charge in [-0.2, -0.15) is 11.8 Å². The van der Waals surface area contributed by atoms with Crippen LogP contribution in [0, 0.1) is 17.8 Å². The van der Waals surface area contributed by atoms with Crippen molar-refractivity contribution < 1.29 is 38.6 Å². The summed E-state index contributed by atoms with van der Waals surface area (Å²) in [5.41, 5.74) is 0.179. The van der Waals surface area contributed by atoms with Crippen LogP contribution in [0.4, 0.5) is 4.79 Å². The zero-order valence-electron chi connectivity index (χ0n) is 34.5. The van der Waals surface area contributed by atoms with Gasteiger partial charge < -0.3 is 41.2 Å². The van der Waals surface area contributed by atoms with Crippen molar-refractivity contribution in [1.82, 2.24) is 26.6 Å². The number of rotatable bonds is 24. The molecule has 0 radical (unpaired) electrons. The fraction of sp³-hybridized carbons (Fsp3) is 0.725. The molecule has 0 aliphatic carbocycles. The van der Waals surface area contributed by atoms with Crippen molar-refractivity contribution in [2.24, 2.45) is 17.8 Å². The van der Waals surface area contributed by atoms with E-state index in [2.05, 4.69) is 26.6 Å². The molecule has 1 aromatic carbocycles. The lowest BCUT2D eigenvalue weighted by molar-refractivity contribution is -0.134. The minimum Gasteiger partial charge on any atom is -0.444 e. The summed E-state index contributed by atoms with van der Waals surface area (Å²) < 4.78 is 11.0. The smallest absolute Gasteiger partial charge is 0.408 e. The first kappa shape index (κ1) is 48.7. The molecule has 0 aromatic heterocycles. The molecule has 1 unspecified atom stereocenters. The van der Waals surface area contributed by atoms with Crippen LogP contribution < -0.4 is 26.6 Å². The van der Waals surface area contributed by atoms with Gasteiger partial charge in [-0.05, 0) is 82.3 Å². The molecule has 0 saturated heterocycles. The number of methoxy groups -OCH3 is 1. The topological polar surface area (TPSA) is 184 Å². The third kappa shape index (κ3) is 18.8. The first-order valence-electron chi connectivity index (χ1n) is 19.2. The lowest BCUT2D eigenvalue weighted by Gasteiger charge is -2.30. The van der Waals surface area contributed by atoms with E-state index in [1.807, 2.05) is 57.4 Å². The first-order chi connectivity index (χ1) is 25.3. The Balaban J connectivity index is 3.02. The third-order valence-electron chi connectivity index (χ3n) is 8.86. The van der Waals surface area contributed by atoms with Crippen molar-refractivity contribution in [3.63, 3.8) is 0 Å². The summed E-state index contributed by atoms with van der Waals surface area (Å²) in [6.07, 6.45) is 2.27. The number of alkyl carbamates (subject to hydrolysis) is 1. The number of amides is 5. The molecule has 0 aliphatic heterocycles. The molecule has 308 valence electrons. The largest absolute Gasteiger partial charge is 0.444 e. The Labute approximate surface area is 328 Å². The van der Waals surface area contributed by atoms with Crippen molar-refractivity contribution in [1.29, 1.82) is 0 Å². The van der Waals surface area contributed by atoms with Crippen molar-refractivity contribution >= 4 is 41.5 Å². The van der Waals surface area contributed by atoms with Crippen LogP contribution in [0.3, 0.4) is 0 Å². The van der Waals surface area contributed by atoms with Gasteiger partial charge in [0, 0.05) is 19.6 Å². The normalized spacial score (nSPS) is 15.6. The van der Waals surface area contributed by atoms with Gasteiger partial charge in [-0.3, -0.25) is 19.2 Å². The number of carbonyl (C=O) groups is 5. The van der Waals surface area contributed by atoms with Crippen LogP contribution in [-0.2, 0) is 35.2 Å². The molecule has 0 spiro atoms. The summed E-state index contributed by atoms with van der Waals surface area (Å²) in [5, 5.41) is 25.6. The van der Waals surface area contributed by atoms with E-state index in [0.717, 1.165) is 12.0 Å². The van der Waals surface area contributed by atoms with Crippen LogP contribution in [-0.4, -0.2) is 95.9 Å². The molecular weight excluding hydrogens is 711 g/mol. The van der Waals surface area contributed by atoms with Gasteiger partial charge in [0.15, 0.2) is 0 Å². The van der Waals surface area contributed by atoms with Gasteiger partial charge in [-0.15, -0.1) is 0 Å². The molecule has 13 nitrogen and oxygen atoms in total. The average molecular weight is 780 g/mol. The monoisotopic (exact) mass is 779 g/mol. The maximum atomic E-state index is 13.7. The van der Waals surface area contributed by atoms with Gasteiger partial charge in [0.05, 0.1) is 18.2 Å². The molecule has 5 amide bonds. The summed E-state index contributed by atoms with van der Waals surface area (Å²) in [7, 11) is 1.52. The second kappa shape index (κ2) is 24.9. The molecular formula is C40H69N5O8S. The Morgan fingerprint density at radius 3 is 1.98 bits per heavy atom. The average Bonchev–Trinajstić information content (AvgIpc) is 3.10. The van der Waals surface area contributed by atoms with E-state index in [4.69, 9.17) is 9.47 Å². The number of carbonyl (C=O) groups excluding carboxylic acids is 5. The molecule has 0 bridgehead atoms. The lowest BCUT2D eigenvalue weighted by Crippen LogP contribution is -2.57. The number of ether oxygens (including phenoxy) is 2. The van der Waals surface area contributed by atoms with Crippen molar-refractivity contribution in [2.75, 3.05) is 19.1 Å². The summed E-state index contributed by atoms with van der Waals surface area (Å²) in [6.45, 7) is 16.8. The highest BCUT2D eigenvalue weighted by molar-refractivity contribution is 7.98. The Morgan fingerprint density at radius 1 is 0.796 bits per heavy atom. The van der Waals surface area contributed by atoms with Crippen LogP contribution in [0.1, 0.15) is 106 Å². The summed E-state index contributed by atoms with van der Waals surface area (Å²) >= 11 is 1.53. The van der Waals surface area contributed by atoms with Crippen LogP contribution >= 0.6 is 11.8 Å². The third-order valence-corrected chi connectivity index (χ3v) is 9.51. The van der Waals surface area contributed by atoms with E-state index < -0.39 is 65.8 Å². The van der Waals surface area contributed by atoms with Gasteiger partial charge in [0.25, 0.3) is 0 Å². The molecule has 0 heterocycles. The van der Waals surface area contributed by atoms with Crippen molar-refractivity contribution in [3.8, 4) is 0 Å². The highest BCUT2D eigenvalue weighted by atomic mass is 32.2. The maximum absolute atomic E-state index is 13.7. The quantitative estimate of drug-likeness (QED) is 0.0867. The molecule has 6 N–H and O–H groups in total. The van der Waals surface area contributed by atoms with E-state index in [1.165, 1.54) is 18.9 Å². The van der Waals surface area contributed by atoms with Gasteiger partial charge in [-0.1, -0.05) is 78.3 Å². The number of hydrogen-bond acceptors (Lipinski definition) is 9. The second-order valence-electron chi connectivity index (χ2n) is 15.8. The van der Waals surface area contributed by atoms with E-state index in [9.17, 15) is 29.1 Å². The Kier molecular flexibility index (Phi) is 22.5. The summed E-state index contributed by atoms with van der Waals surface area (Å²) in [4.78, 5) is 66.4. The van der Waals surface area contributed by atoms with Crippen molar-refractivity contribution in [3.05, 3.63) is 35.9 Å². The standard InChI is InChI=1S/C40H69N5O8S/c1-12-16-32(52-10)34(37(49)41-24-28-17-14-13-15-18-28)44-35(47)27(6)19-20-31(46)30(23-25(2)3)43-36(48)29(21-22-54-11)42-38(50)33(26(4)5)45-39(51)53-40(7,8)9/h13-15,17-18,25-27,29-34,46H,12,16,19-24H2,1-11H3,(H,41,49)(H,42,50)(H,43,48)(H,44,47)(H,45,51)/t27-,29+,30+,31+,32?,33+,34+/m1/s1. The zero-order valence-corrected chi connectivity index (χ0v) is 35.3. The fourth-order valence-electron chi connectivity index (χ4n) is 5.81. The molecule has 1 aromatic rings. The first-order valence-corrected chi connectivity index (χ1v) is 20.6. The fourth-order valence-corrected chi connectivity index (χ4v) is 6.29. The molecule has 1 rings (SSSR count). The van der Waals surface area contributed by atoms with Gasteiger partial charge in [0.1, 0.15) is 23.7 Å². The number of nitrogens with one attached hydrogen (secondary N) is 5. The molecule has 14 heteroatoms. The molecule has 7 atom stereocenters. The number of aliphatic hydroxyl groups excluding tert-OH is 1. The highest BCUT2D eigenvalue weighted by Crippen LogP contribution is 2.18. The number of thioether (sulfide) groups is 1. The van der Waals surface area contributed by atoms with E-state index in [1.54, 1.807) is 41.5 Å². The SMILES string of the molecule is CCCC(OC)[C@H](NC(=O)[C@H](C)CC[C@H](O)[C@H](CC(C)C)NC(=O)[C@H](CCSC)NC(=O)[C@@H](NC(=O)OC(C)(C)C)C(C)C)C(=O)NCc1ccccc1. The van der Waals surface area contributed by atoms with Gasteiger partial charge in [-0.25, -0.2) is 4.79 Å². The lowest BCUT2D eigenvalue weighted by atomic mass is 9.92. The maximum Gasteiger partial charge on any atom is 0.408 e. The predicted molar refractivity (Wildman–Crippen MR) is 215 cm³/mol. The van der Waals surface area contributed by atoms with Crippen LogP contribution in [0.5, 0.6) is 0 Å². The highest BCUT2D eigenvalue weighted by Gasteiger charge is 2.34. The second-order valence-corrected chi connectivity index (χ2v) is 16.7. The number of aliphatic hydroxyl groups is 1. The molecule has 0 aliphatic rings. The number of hydrogen-bond donors (Lipinski definition) is 6. The molecule has 54 heavy (non-hydrogen) atoms. The minimum absolute atomic E-state index is 0.118. The summed E-state index contributed by atoms with van der Waals surface area (Å²) in [5.74, 6) is -1.79. The van der Waals surface area contributed by atoms with Crippen molar-refractivity contribution in [2.45, 2.75) is 149 Å². The van der Waals surface area contributed by atoms with Crippen LogP contribution in [0.15, 0.2) is 30.3 Å². The predicted octanol–water partition coefficient (Wildman–Crippen LogP) is 4.70. The van der Waals surface area contributed by atoms with E-state index in [0.29, 0.717) is 38.0 Å². The Hall–Kier alpha value is -3.36.